The highest BCUT2D eigenvalue weighted by molar-refractivity contribution is 9.10. The molecule has 0 aliphatic heterocycles. The average Bonchev–Trinajstić information content (AvgIpc) is 2.41. The lowest BCUT2D eigenvalue weighted by Crippen LogP contribution is -2.09. The molecule has 0 aromatic heterocycles. The first kappa shape index (κ1) is 16.1. The molecule has 21 heavy (non-hydrogen) atoms. The van der Waals surface area contributed by atoms with Gasteiger partial charge in [-0.3, -0.25) is 0 Å². The highest BCUT2D eigenvalue weighted by Gasteiger charge is 2.10. The first-order valence-electron chi connectivity index (χ1n) is 7.14. The number of hydrogen-bond acceptors (Lipinski definition) is 2. The van der Waals surface area contributed by atoms with E-state index in [-0.39, 0.29) is 0 Å². The van der Waals surface area contributed by atoms with Crippen molar-refractivity contribution in [1.82, 2.24) is 5.32 Å². The second-order valence-electron chi connectivity index (χ2n) is 5.46. The predicted molar refractivity (Wildman–Crippen MR) is 91.9 cm³/mol. The zero-order valence-electron chi connectivity index (χ0n) is 13.1. The van der Waals surface area contributed by atoms with E-state index in [1.54, 1.807) is 0 Å². The largest absolute Gasteiger partial charge is 0.488 e. The van der Waals surface area contributed by atoms with Gasteiger partial charge in [0, 0.05) is 16.6 Å². The minimum absolute atomic E-state index is 0.604. The van der Waals surface area contributed by atoms with Gasteiger partial charge in [-0.1, -0.05) is 39.7 Å². The van der Waals surface area contributed by atoms with Crippen molar-refractivity contribution in [2.75, 3.05) is 7.05 Å². The fourth-order valence-electron chi connectivity index (χ4n) is 2.43. The van der Waals surface area contributed by atoms with E-state index < -0.39 is 0 Å². The molecule has 0 atom stereocenters. The molecule has 2 rings (SSSR count). The van der Waals surface area contributed by atoms with E-state index in [0.717, 1.165) is 22.3 Å². The Balaban J connectivity index is 2.25. The Bertz CT molecular complexity index is 637. The molecule has 112 valence electrons. The van der Waals surface area contributed by atoms with Gasteiger partial charge in [-0.05, 0) is 56.6 Å². The Morgan fingerprint density at radius 2 is 1.76 bits per heavy atom. The van der Waals surface area contributed by atoms with Gasteiger partial charge in [-0.15, -0.1) is 0 Å². The molecule has 0 aliphatic carbocycles. The molecule has 0 saturated heterocycles. The van der Waals surface area contributed by atoms with Crippen molar-refractivity contribution >= 4 is 15.9 Å². The van der Waals surface area contributed by atoms with Crippen molar-refractivity contribution in [1.29, 1.82) is 0 Å². The van der Waals surface area contributed by atoms with Crippen LogP contribution < -0.4 is 10.1 Å². The predicted octanol–water partition coefficient (Wildman–Crippen LogP) is 4.67. The highest BCUT2D eigenvalue weighted by Crippen LogP contribution is 2.29. The summed E-state index contributed by atoms with van der Waals surface area (Å²) in [5.74, 6) is 0.980. The molecule has 2 nitrogen and oxygen atoms in total. The summed E-state index contributed by atoms with van der Waals surface area (Å²) >= 11 is 3.55. The van der Waals surface area contributed by atoms with Crippen LogP contribution in [0.1, 0.15) is 27.8 Å². The standard InChI is InChI=1S/C18H22BrNO/c1-12-5-6-13(2)16(7-12)11-21-18-14(3)8-17(19)9-15(18)10-20-4/h5-9,20H,10-11H2,1-4H3. The van der Waals surface area contributed by atoms with E-state index >= 15 is 0 Å². The van der Waals surface area contributed by atoms with Gasteiger partial charge in [0.1, 0.15) is 12.4 Å². The molecule has 0 saturated carbocycles. The second-order valence-corrected chi connectivity index (χ2v) is 6.38. The van der Waals surface area contributed by atoms with Gasteiger partial charge in [0.15, 0.2) is 0 Å². The van der Waals surface area contributed by atoms with Crippen LogP contribution >= 0.6 is 15.9 Å². The number of benzene rings is 2. The van der Waals surface area contributed by atoms with Crippen LogP contribution in [-0.4, -0.2) is 7.05 Å². The smallest absolute Gasteiger partial charge is 0.127 e. The third-order valence-corrected chi connectivity index (χ3v) is 4.02. The molecule has 0 aliphatic rings. The molecule has 3 heteroatoms. The van der Waals surface area contributed by atoms with Crippen LogP contribution in [0, 0.1) is 20.8 Å². The van der Waals surface area contributed by atoms with Crippen molar-refractivity contribution in [3.8, 4) is 5.75 Å². The second kappa shape index (κ2) is 7.10. The van der Waals surface area contributed by atoms with Crippen LogP contribution in [0.15, 0.2) is 34.8 Å². The molecule has 1 N–H and O–H groups in total. The van der Waals surface area contributed by atoms with Crippen LogP contribution in [0.25, 0.3) is 0 Å². The first-order valence-corrected chi connectivity index (χ1v) is 7.93. The third-order valence-electron chi connectivity index (χ3n) is 3.56. The molecular formula is C18H22BrNO. The summed E-state index contributed by atoms with van der Waals surface area (Å²) in [6.07, 6.45) is 0. The molecule has 0 amide bonds. The highest BCUT2D eigenvalue weighted by atomic mass is 79.9. The van der Waals surface area contributed by atoms with Gasteiger partial charge in [0.05, 0.1) is 0 Å². The topological polar surface area (TPSA) is 21.3 Å². The molecule has 0 radical (unpaired) electrons. The number of aryl methyl sites for hydroxylation is 3. The van der Waals surface area contributed by atoms with Crippen LogP contribution in [0.2, 0.25) is 0 Å². The normalized spacial score (nSPS) is 10.7. The first-order chi connectivity index (χ1) is 10.0. The van der Waals surface area contributed by atoms with Crippen molar-refractivity contribution in [3.63, 3.8) is 0 Å². The number of ether oxygens (including phenoxy) is 1. The molecule has 0 heterocycles. The monoisotopic (exact) mass is 347 g/mol. The SMILES string of the molecule is CNCc1cc(Br)cc(C)c1OCc1cc(C)ccc1C. The minimum atomic E-state index is 0.604. The summed E-state index contributed by atoms with van der Waals surface area (Å²) < 4.78 is 7.22. The molecule has 0 fully saturated rings. The lowest BCUT2D eigenvalue weighted by atomic mass is 10.1. The van der Waals surface area contributed by atoms with Crippen molar-refractivity contribution < 1.29 is 4.74 Å². The van der Waals surface area contributed by atoms with Gasteiger partial charge in [0.2, 0.25) is 0 Å². The fraction of sp³-hybridized carbons (Fsp3) is 0.333. The summed E-state index contributed by atoms with van der Waals surface area (Å²) in [7, 11) is 1.95. The summed E-state index contributed by atoms with van der Waals surface area (Å²) in [5, 5.41) is 3.20. The Morgan fingerprint density at radius 1 is 1.00 bits per heavy atom. The van der Waals surface area contributed by atoms with E-state index in [9.17, 15) is 0 Å². The van der Waals surface area contributed by atoms with Gasteiger partial charge in [0.25, 0.3) is 0 Å². The zero-order chi connectivity index (χ0) is 15.4. The van der Waals surface area contributed by atoms with Crippen LogP contribution in [0.4, 0.5) is 0 Å². The molecule has 0 bridgehead atoms. The molecule has 2 aromatic carbocycles. The minimum Gasteiger partial charge on any atom is -0.488 e. The van der Waals surface area contributed by atoms with E-state index in [2.05, 4.69) is 72.3 Å². The zero-order valence-corrected chi connectivity index (χ0v) is 14.7. The lowest BCUT2D eigenvalue weighted by molar-refractivity contribution is 0.299. The summed E-state index contributed by atoms with van der Waals surface area (Å²) in [6.45, 7) is 7.72. The van der Waals surface area contributed by atoms with Gasteiger partial charge in [-0.2, -0.15) is 0 Å². The maximum Gasteiger partial charge on any atom is 0.127 e. The van der Waals surface area contributed by atoms with Crippen LogP contribution in [0.5, 0.6) is 5.75 Å². The van der Waals surface area contributed by atoms with Gasteiger partial charge < -0.3 is 10.1 Å². The molecule has 0 spiro atoms. The molecule has 0 unspecified atom stereocenters. The molecule has 2 aromatic rings. The quantitative estimate of drug-likeness (QED) is 0.848. The van der Waals surface area contributed by atoms with Crippen LogP contribution in [-0.2, 0) is 13.2 Å². The number of nitrogens with one attached hydrogen (secondary N) is 1. The Morgan fingerprint density at radius 3 is 2.48 bits per heavy atom. The van der Waals surface area contributed by atoms with Gasteiger partial charge in [-0.25, -0.2) is 0 Å². The van der Waals surface area contributed by atoms with Crippen molar-refractivity contribution in [2.45, 2.75) is 33.9 Å². The maximum atomic E-state index is 6.14. The van der Waals surface area contributed by atoms with Crippen LogP contribution in [0.3, 0.4) is 0 Å². The van der Waals surface area contributed by atoms with Gasteiger partial charge >= 0.3 is 0 Å². The lowest BCUT2D eigenvalue weighted by Gasteiger charge is -2.16. The van der Waals surface area contributed by atoms with Crippen molar-refractivity contribution in [2.24, 2.45) is 0 Å². The number of hydrogen-bond donors (Lipinski definition) is 1. The van der Waals surface area contributed by atoms with E-state index in [1.807, 2.05) is 7.05 Å². The Kier molecular flexibility index (Phi) is 5.43. The van der Waals surface area contributed by atoms with E-state index in [0.29, 0.717) is 6.61 Å². The Hall–Kier alpha value is -1.32. The third kappa shape index (κ3) is 4.08. The average molecular weight is 348 g/mol. The van der Waals surface area contributed by atoms with E-state index in [1.165, 1.54) is 22.3 Å². The number of halogens is 1. The summed E-state index contributed by atoms with van der Waals surface area (Å²) in [6, 6.07) is 10.7. The van der Waals surface area contributed by atoms with Crippen molar-refractivity contribution in [3.05, 3.63) is 62.6 Å². The maximum absolute atomic E-state index is 6.14. The summed E-state index contributed by atoms with van der Waals surface area (Å²) in [4.78, 5) is 0. The molecular weight excluding hydrogens is 326 g/mol. The summed E-state index contributed by atoms with van der Waals surface area (Å²) in [5.41, 5.74) is 6.11. The number of rotatable bonds is 5. The fourth-order valence-corrected chi connectivity index (χ4v) is 3.05. The Labute approximate surface area is 135 Å². The van der Waals surface area contributed by atoms with E-state index in [4.69, 9.17) is 4.74 Å².